The molecule has 1 aromatic carbocycles. The highest BCUT2D eigenvalue weighted by molar-refractivity contribution is 7.89. The molecule has 0 aromatic heterocycles. The van der Waals surface area contributed by atoms with Gasteiger partial charge in [0.15, 0.2) is 0 Å². The number of aryl methyl sites for hydroxylation is 1. The van der Waals surface area contributed by atoms with E-state index in [2.05, 4.69) is 10.6 Å². The maximum atomic E-state index is 11.8. The third-order valence-corrected chi connectivity index (χ3v) is 4.97. The molecule has 1 aromatic rings. The summed E-state index contributed by atoms with van der Waals surface area (Å²) < 4.78 is 24.2. The number of urea groups is 1. The molecule has 6 nitrogen and oxygen atoms in total. The van der Waals surface area contributed by atoms with Gasteiger partial charge < -0.3 is 10.6 Å². The Morgan fingerprint density at radius 1 is 1.33 bits per heavy atom. The van der Waals surface area contributed by atoms with Gasteiger partial charge in [-0.3, -0.25) is 0 Å². The maximum absolute atomic E-state index is 11.8. The minimum absolute atomic E-state index is 0.0431. The van der Waals surface area contributed by atoms with E-state index in [0.717, 1.165) is 16.3 Å². The van der Waals surface area contributed by atoms with Crippen LogP contribution in [-0.2, 0) is 16.4 Å². The number of anilines is 1. The fourth-order valence-electron chi connectivity index (χ4n) is 1.62. The second-order valence-corrected chi connectivity index (χ2v) is 7.37. The normalized spacial score (nSPS) is 11.5. The van der Waals surface area contributed by atoms with Crippen molar-refractivity contribution in [3.05, 3.63) is 28.8 Å². The van der Waals surface area contributed by atoms with E-state index in [1.807, 2.05) is 6.92 Å². The van der Waals surface area contributed by atoms with Crippen molar-refractivity contribution in [2.45, 2.75) is 13.3 Å². The van der Waals surface area contributed by atoms with Crippen molar-refractivity contribution in [2.75, 3.05) is 31.7 Å². The van der Waals surface area contributed by atoms with Gasteiger partial charge in [0.1, 0.15) is 0 Å². The number of carbonyl (C=O) groups excluding carboxylic acids is 1. The first-order chi connectivity index (χ1) is 9.76. The third kappa shape index (κ3) is 5.53. The van der Waals surface area contributed by atoms with Crippen LogP contribution in [0.25, 0.3) is 0 Å². The summed E-state index contributed by atoms with van der Waals surface area (Å²) in [7, 11) is -0.402. The van der Waals surface area contributed by atoms with Gasteiger partial charge in [0.05, 0.1) is 5.75 Å². The second-order valence-electron chi connectivity index (χ2n) is 4.63. The van der Waals surface area contributed by atoms with Crippen molar-refractivity contribution in [2.24, 2.45) is 0 Å². The summed E-state index contributed by atoms with van der Waals surface area (Å²) in [6, 6.07) is 4.75. The standard InChI is InChI=1S/C13H20ClN3O3S/c1-4-10-9-11(14)5-6-12(10)16-13(18)15-7-8-21(19,20)17(2)3/h5-6,9H,4,7-8H2,1-3H3,(H2,15,16,18). The van der Waals surface area contributed by atoms with Crippen molar-refractivity contribution >= 4 is 33.3 Å². The van der Waals surface area contributed by atoms with Gasteiger partial charge in [0, 0.05) is 31.4 Å². The van der Waals surface area contributed by atoms with Crippen LogP contribution in [0.2, 0.25) is 5.02 Å². The van der Waals surface area contributed by atoms with E-state index >= 15 is 0 Å². The number of amides is 2. The molecule has 0 radical (unpaired) electrons. The largest absolute Gasteiger partial charge is 0.337 e. The number of hydrogen-bond acceptors (Lipinski definition) is 3. The van der Waals surface area contributed by atoms with Crippen LogP contribution >= 0.6 is 11.6 Å². The number of rotatable bonds is 6. The molecule has 0 spiro atoms. The van der Waals surface area contributed by atoms with Gasteiger partial charge in [-0.1, -0.05) is 18.5 Å². The van der Waals surface area contributed by atoms with E-state index in [-0.39, 0.29) is 12.3 Å². The van der Waals surface area contributed by atoms with Crippen molar-refractivity contribution in [3.8, 4) is 0 Å². The van der Waals surface area contributed by atoms with Crippen LogP contribution in [0.1, 0.15) is 12.5 Å². The topological polar surface area (TPSA) is 78.5 Å². The monoisotopic (exact) mass is 333 g/mol. The molecule has 8 heteroatoms. The molecule has 0 aliphatic carbocycles. The van der Waals surface area contributed by atoms with Crippen LogP contribution in [0, 0.1) is 0 Å². The van der Waals surface area contributed by atoms with E-state index in [0.29, 0.717) is 10.7 Å². The Balaban J connectivity index is 2.55. The number of halogens is 1. The molecule has 21 heavy (non-hydrogen) atoms. The molecule has 0 aliphatic rings. The highest BCUT2D eigenvalue weighted by Crippen LogP contribution is 2.20. The Bertz CT molecular complexity index is 603. The Morgan fingerprint density at radius 3 is 2.57 bits per heavy atom. The number of carbonyl (C=O) groups is 1. The van der Waals surface area contributed by atoms with Gasteiger partial charge in [0.2, 0.25) is 10.0 Å². The van der Waals surface area contributed by atoms with E-state index in [1.165, 1.54) is 14.1 Å². The lowest BCUT2D eigenvalue weighted by Crippen LogP contribution is -2.36. The fourth-order valence-corrected chi connectivity index (χ4v) is 2.54. The summed E-state index contributed by atoms with van der Waals surface area (Å²) in [5.74, 6) is -0.144. The number of nitrogens with one attached hydrogen (secondary N) is 2. The molecular formula is C13H20ClN3O3S. The van der Waals surface area contributed by atoms with Crippen LogP contribution in [0.4, 0.5) is 10.5 Å². The van der Waals surface area contributed by atoms with Gasteiger partial charge in [-0.15, -0.1) is 0 Å². The van der Waals surface area contributed by atoms with Crippen LogP contribution in [0.15, 0.2) is 18.2 Å². The number of hydrogen-bond donors (Lipinski definition) is 2. The number of benzene rings is 1. The molecule has 0 saturated carbocycles. The molecule has 2 amide bonds. The van der Waals surface area contributed by atoms with Gasteiger partial charge in [-0.05, 0) is 30.2 Å². The van der Waals surface area contributed by atoms with Gasteiger partial charge >= 0.3 is 6.03 Å². The van der Waals surface area contributed by atoms with Gasteiger partial charge in [-0.2, -0.15) is 0 Å². The van der Waals surface area contributed by atoms with Gasteiger partial charge in [0.25, 0.3) is 0 Å². The predicted molar refractivity (Wildman–Crippen MR) is 85.3 cm³/mol. The van der Waals surface area contributed by atoms with E-state index in [1.54, 1.807) is 18.2 Å². The van der Waals surface area contributed by atoms with Crippen molar-refractivity contribution in [1.82, 2.24) is 9.62 Å². The Hall–Kier alpha value is -1.31. The van der Waals surface area contributed by atoms with E-state index < -0.39 is 16.1 Å². The fraction of sp³-hybridized carbons (Fsp3) is 0.462. The minimum atomic E-state index is -3.31. The van der Waals surface area contributed by atoms with E-state index in [4.69, 9.17) is 11.6 Å². The summed E-state index contributed by atoms with van der Waals surface area (Å²) in [5, 5.41) is 5.81. The summed E-state index contributed by atoms with van der Waals surface area (Å²) in [6.45, 7) is 2.00. The molecule has 0 heterocycles. The van der Waals surface area contributed by atoms with Crippen LogP contribution < -0.4 is 10.6 Å². The highest BCUT2D eigenvalue weighted by atomic mass is 35.5. The molecule has 0 unspecified atom stereocenters. The summed E-state index contributed by atoms with van der Waals surface area (Å²) in [6.07, 6.45) is 0.727. The number of nitrogens with zero attached hydrogens (tertiary/aromatic N) is 1. The molecule has 0 bridgehead atoms. The molecule has 0 aliphatic heterocycles. The number of sulfonamides is 1. The van der Waals surface area contributed by atoms with Crippen LogP contribution in [0.3, 0.4) is 0 Å². The van der Waals surface area contributed by atoms with Crippen molar-refractivity contribution < 1.29 is 13.2 Å². The Morgan fingerprint density at radius 2 is 2.00 bits per heavy atom. The first-order valence-corrected chi connectivity index (χ1v) is 8.48. The summed E-state index contributed by atoms with van der Waals surface area (Å²) in [4.78, 5) is 11.8. The van der Waals surface area contributed by atoms with Crippen molar-refractivity contribution in [1.29, 1.82) is 0 Å². The molecule has 0 saturated heterocycles. The van der Waals surface area contributed by atoms with E-state index in [9.17, 15) is 13.2 Å². The summed E-state index contributed by atoms with van der Waals surface area (Å²) in [5.41, 5.74) is 1.58. The molecular weight excluding hydrogens is 314 g/mol. The SMILES string of the molecule is CCc1cc(Cl)ccc1NC(=O)NCCS(=O)(=O)N(C)C. The lowest BCUT2D eigenvalue weighted by molar-refractivity contribution is 0.252. The Kier molecular flexibility index (Phi) is 6.44. The van der Waals surface area contributed by atoms with Crippen molar-refractivity contribution in [3.63, 3.8) is 0 Å². The predicted octanol–water partition coefficient (Wildman–Crippen LogP) is 1.92. The quantitative estimate of drug-likeness (QED) is 0.834. The molecule has 1 rings (SSSR count). The third-order valence-electron chi connectivity index (χ3n) is 2.90. The second kappa shape index (κ2) is 7.63. The molecule has 0 fully saturated rings. The maximum Gasteiger partial charge on any atom is 0.319 e. The average Bonchev–Trinajstić information content (AvgIpc) is 2.40. The average molecular weight is 334 g/mol. The smallest absolute Gasteiger partial charge is 0.319 e. The summed E-state index contributed by atoms with van der Waals surface area (Å²) >= 11 is 5.90. The first kappa shape index (κ1) is 17.7. The van der Waals surface area contributed by atoms with Crippen LogP contribution in [0.5, 0.6) is 0 Å². The van der Waals surface area contributed by atoms with Gasteiger partial charge in [-0.25, -0.2) is 17.5 Å². The molecule has 118 valence electrons. The first-order valence-electron chi connectivity index (χ1n) is 6.49. The molecule has 0 atom stereocenters. The highest BCUT2D eigenvalue weighted by Gasteiger charge is 2.14. The lowest BCUT2D eigenvalue weighted by Gasteiger charge is -2.13. The lowest BCUT2D eigenvalue weighted by atomic mass is 10.1. The zero-order chi connectivity index (χ0) is 16.0. The zero-order valence-corrected chi connectivity index (χ0v) is 13.9. The minimum Gasteiger partial charge on any atom is -0.337 e. The zero-order valence-electron chi connectivity index (χ0n) is 12.3. The Labute approximate surface area is 130 Å². The van der Waals surface area contributed by atoms with Crippen LogP contribution in [-0.4, -0.2) is 45.1 Å². The molecule has 2 N–H and O–H groups in total.